The molecule has 0 saturated carbocycles. The van der Waals surface area contributed by atoms with Crippen LogP contribution in [0, 0.1) is 6.92 Å². The van der Waals surface area contributed by atoms with Crippen LogP contribution in [0.1, 0.15) is 22.3 Å². The van der Waals surface area contributed by atoms with Gasteiger partial charge in [0.15, 0.2) is 0 Å². The Bertz CT molecular complexity index is 968. The van der Waals surface area contributed by atoms with E-state index >= 15 is 0 Å². The fraction of sp³-hybridized carbons (Fsp3) is 0.240. The van der Waals surface area contributed by atoms with Crippen molar-refractivity contribution in [2.75, 3.05) is 23.4 Å². The number of carbonyl (C=O) groups excluding carboxylic acids is 1. The minimum atomic E-state index is -0.406. The summed E-state index contributed by atoms with van der Waals surface area (Å²) < 4.78 is 5.34. The Balaban J connectivity index is 1.30. The molecule has 0 atom stereocenters. The van der Waals surface area contributed by atoms with Crippen molar-refractivity contribution in [3.8, 4) is 0 Å². The molecule has 1 aliphatic heterocycles. The summed E-state index contributed by atoms with van der Waals surface area (Å²) >= 11 is 0. The first-order valence-corrected chi connectivity index (χ1v) is 10.1. The average molecular weight is 386 g/mol. The fourth-order valence-electron chi connectivity index (χ4n) is 3.69. The summed E-state index contributed by atoms with van der Waals surface area (Å²) in [5.41, 5.74) is 6.99. The maximum absolute atomic E-state index is 12.1. The molecule has 3 aromatic carbocycles. The van der Waals surface area contributed by atoms with Crippen LogP contribution in [0.3, 0.4) is 0 Å². The Morgan fingerprint density at radius 2 is 1.79 bits per heavy atom. The lowest BCUT2D eigenvalue weighted by atomic mass is 10.1. The number of nitrogens with zero attached hydrogens (tertiary/aromatic N) is 1. The van der Waals surface area contributed by atoms with Crippen LogP contribution in [-0.4, -0.2) is 19.2 Å². The molecular weight excluding hydrogens is 360 g/mol. The van der Waals surface area contributed by atoms with Crippen molar-refractivity contribution in [1.29, 1.82) is 0 Å². The molecule has 1 amide bonds. The third-order valence-electron chi connectivity index (χ3n) is 5.28. The predicted molar refractivity (Wildman–Crippen MR) is 117 cm³/mol. The third kappa shape index (κ3) is 4.96. The van der Waals surface area contributed by atoms with Gasteiger partial charge < -0.3 is 9.64 Å². The van der Waals surface area contributed by atoms with E-state index in [1.54, 1.807) is 0 Å². The van der Waals surface area contributed by atoms with E-state index < -0.39 is 6.09 Å². The van der Waals surface area contributed by atoms with Crippen molar-refractivity contribution < 1.29 is 9.53 Å². The SMILES string of the molecule is Cc1ccc(CCOC(=O)Nc2ccc3c(c2)CCN3Cc2ccccc2)cc1. The molecule has 0 fully saturated rings. The zero-order valence-electron chi connectivity index (χ0n) is 16.7. The number of hydrogen-bond acceptors (Lipinski definition) is 3. The van der Waals surface area contributed by atoms with Crippen LogP contribution in [0.4, 0.5) is 16.2 Å². The molecule has 0 radical (unpaired) electrons. The number of rotatable bonds is 6. The molecule has 4 nitrogen and oxygen atoms in total. The smallest absolute Gasteiger partial charge is 0.411 e. The van der Waals surface area contributed by atoms with E-state index in [2.05, 4.69) is 77.8 Å². The topological polar surface area (TPSA) is 41.6 Å². The number of carbonyl (C=O) groups is 1. The number of hydrogen-bond donors (Lipinski definition) is 1. The number of aryl methyl sites for hydroxylation is 1. The number of anilines is 2. The number of amides is 1. The Labute approximate surface area is 172 Å². The van der Waals surface area contributed by atoms with E-state index in [9.17, 15) is 4.79 Å². The zero-order chi connectivity index (χ0) is 20.1. The standard InChI is InChI=1S/C25H26N2O2/c1-19-7-9-20(10-8-19)14-16-29-25(28)26-23-11-12-24-22(17-23)13-15-27(24)18-21-5-3-2-4-6-21/h2-12,17H,13-16,18H2,1H3,(H,26,28). The lowest BCUT2D eigenvalue weighted by molar-refractivity contribution is 0.163. The molecule has 0 saturated heterocycles. The Kier molecular flexibility index (Phi) is 5.80. The molecule has 1 heterocycles. The largest absolute Gasteiger partial charge is 0.449 e. The van der Waals surface area contributed by atoms with E-state index in [4.69, 9.17) is 4.74 Å². The van der Waals surface area contributed by atoms with Gasteiger partial charge in [-0.05, 0) is 48.2 Å². The van der Waals surface area contributed by atoms with Crippen molar-refractivity contribution in [3.63, 3.8) is 0 Å². The van der Waals surface area contributed by atoms with Gasteiger partial charge in [0.05, 0.1) is 6.61 Å². The normalized spacial score (nSPS) is 12.5. The van der Waals surface area contributed by atoms with Crippen LogP contribution in [0.15, 0.2) is 72.8 Å². The maximum Gasteiger partial charge on any atom is 0.411 e. The summed E-state index contributed by atoms with van der Waals surface area (Å²) in [6, 6.07) is 24.9. The van der Waals surface area contributed by atoms with Crippen LogP contribution in [-0.2, 0) is 24.1 Å². The molecule has 4 heteroatoms. The fourth-order valence-corrected chi connectivity index (χ4v) is 3.69. The van der Waals surface area contributed by atoms with Gasteiger partial charge in [0.2, 0.25) is 0 Å². The van der Waals surface area contributed by atoms with Gasteiger partial charge in [0.25, 0.3) is 0 Å². The van der Waals surface area contributed by atoms with Gasteiger partial charge in [0.1, 0.15) is 0 Å². The summed E-state index contributed by atoms with van der Waals surface area (Å²) in [4.78, 5) is 14.5. The minimum Gasteiger partial charge on any atom is -0.449 e. The summed E-state index contributed by atoms with van der Waals surface area (Å²) in [5, 5.41) is 2.85. The highest BCUT2D eigenvalue weighted by atomic mass is 16.5. The molecule has 4 rings (SSSR count). The highest BCUT2D eigenvalue weighted by Gasteiger charge is 2.19. The molecule has 0 aromatic heterocycles. The van der Waals surface area contributed by atoms with Gasteiger partial charge >= 0.3 is 6.09 Å². The summed E-state index contributed by atoms with van der Waals surface area (Å²) in [6.07, 6.45) is 1.29. The van der Waals surface area contributed by atoms with Gasteiger partial charge in [-0.3, -0.25) is 5.32 Å². The van der Waals surface area contributed by atoms with Crippen molar-refractivity contribution in [1.82, 2.24) is 0 Å². The lowest BCUT2D eigenvalue weighted by Gasteiger charge is -2.19. The van der Waals surface area contributed by atoms with Gasteiger partial charge in [-0.1, -0.05) is 60.2 Å². The summed E-state index contributed by atoms with van der Waals surface area (Å²) in [7, 11) is 0. The van der Waals surface area contributed by atoms with Crippen LogP contribution in [0.2, 0.25) is 0 Å². The van der Waals surface area contributed by atoms with Crippen molar-refractivity contribution >= 4 is 17.5 Å². The number of nitrogens with one attached hydrogen (secondary N) is 1. The van der Waals surface area contributed by atoms with Crippen LogP contribution < -0.4 is 10.2 Å². The Hall–Kier alpha value is -3.27. The number of benzene rings is 3. The first-order chi connectivity index (χ1) is 14.2. The van der Waals surface area contributed by atoms with Gasteiger partial charge in [-0.15, -0.1) is 0 Å². The van der Waals surface area contributed by atoms with E-state index in [-0.39, 0.29) is 0 Å². The number of fused-ring (bicyclic) bond motifs is 1. The van der Waals surface area contributed by atoms with E-state index in [0.29, 0.717) is 13.0 Å². The lowest BCUT2D eigenvalue weighted by Crippen LogP contribution is -2.19. The summed E-state index contributed by atoms with van der Waals surface area (Å²) in [6.45, 7) is 4.33. The monoisotopic (exact) mass is 386 g/mol. The molecule has 0 bridgehead atoms. The molecule has 1 N–H and O–H groups in total. The second-order valence-electron chi connectivity index (χ2n) is 7.50. The Morgan fingerprint density at radius 1 is 1.00 bits per heavy atom. The highest BCUT2D eigenvalue weighted by molar-refractivity contribution is 5.85. The first-order valence-electron chi connectivity index (χ1n) is 10.1. The van der Waals surface area contributed by atoms with Crippen molar-refractivity contribution in [2.24, 2.45) is 0 Å². The second kappa shape index (κ2) is 8.82. The molecule has 0 aliphatic carbocycles. The van der Waals surface area contributed by atoms with E-state index in [1.807, 2.05) is 12.1 Å². The third-order valence-corrected chi connectivity index (χ3v) is 5.28. The van der Waals surface area contributed by atoms with Gasteiger partial charge in [0, 0.05) is 30.9 Å². The highest BCUT2D eigenvalue weighted by Crippen LogP contribution is 2.31. The minimum absolute atomic E-state index is 0.366. The quantitative estimate of drug-likeness (QED) is 0.621. The summed E-state index contributed by atoms with van der Waals surface area (Å²) in [5.74, 6) is 0. The average Bonchev–Trinajstić information content (AvgIpc) is 3.12. The maximum atomic E-state index is 12.1. The van der Waals surface area contributed by atoms with Crippen LogP contribution >= 0.6 is 0 Å². The van der Waals surface area contributed by atoms with Crippen LogP contribution in [0.25, 0.3) is 0 Å². The van der Waals surface area contributed by atoms with E-state index in [0.717, 1.165) is 25.2 Å². The Morgan fingerprint density at radius 3 is 2.59 bits per heavy atom. The molecule has 3 aromatic rings. The predicted octanol–water partition coefficient (Wildman–Crippen LogP) is 5.35. The molecule has 0 unspecified atom stereocenters. The van der Waals surface area contributed by atoms with Crippen molar-refractivity contribution in [2.45, 2.75) is 26.3 Å². The molecule has 0 spiro atoms. The van der Waals surface area contributed by atoms with Gasteiger partial charge in [-0.2, -0.15) is 0 Å². The molecular formula is C25H26N2O2. The molecule has 148 valence electrons. The molecule has 1 aliphatic rings. The molecule has 29 heavy (non-hydrogen) atoms. The number of ether oxygens (including phenoxy) is 1. The van der Waals surface area contributed by atoms with Gasteiger partial charge in [-0.25, -0.2) is 4.79 Å². The second-order valence-corrected chi connectivity index (χ2v) is 7.50. The van der Waals surface area contributed by atoms with E-state index in [1.165, 1.54) is 27.9 Å². The zero-order valence-corrected chi connectivity index (χ0v) is 16.7. The first kappa shape index (κ1) is 19.1. The van der Waals surface area contributed by atoms with Crippen molar-refractivity contribution in [3.05, 3.63) is 95.1 Å². The van der Waals surface area contributed by atoms with Crippen LogP contribution in [0.5, 0.6) is 0 Å².